The average Bonchev–Trinajstić information content (AvgIpc) is 3.28. The molecule has 132 valence electrons. The van der Waals surface area contributed by atoms with Crippen LogP contribution in [0.15, 0.2) is 91.0 Å². The number of aryl methyl sites for hydroxylation is 1. The van der Waals surface area contributed by atoms with Crippen LogP contribution in [0, 0.1) is 6.92 Å². The van der Waals surface area contributed by atoms with Gasteiger partial charge < -0.3 is 0 Å². The number of nitrogens with zero attached hydrogens (tertiary/aromatic N) is 2. The van der Waals surface area contributed by atoms with Crippen molar-refractivity contribution in [1.82, 2.24) is 9.78 Å². The topological polar surface area (TPSA) is 17.8 Å². The maximum Gasteiger partial charge on any atom is 0.101 e. The molecule has 28 heavy (non-hydrogen) atoms. The van der Waals surface area contributed by atoms with Gasteiger partial charge >= 0.3 is 0 Å². The van der Waals surface area contributed by atoms with Gasteiger partial charge in [0.1, 0.15) is 5.69 Å². The monoisotopic (exact) mass is 358 g/mol. The van der Waals surface area contributed by atoms with Crippen LogP contribution in [0.2, 0.25) is 0 Å². The third kappa shape index (κ3) is 2.06. The van der Waals surface area contributed by atoms with Crippen LogP contribution in [0.4, 0.5) is 0 Å². The van der Waals surface area contributed by atoms with Crippen molar-refractivity contribution in [2.24, 2.45) is 0 Å². The van der Waals surface area contributed by atoms with Crippen LogP contribution in [-0.2, 0) is 0 Å². The lowest BCUT2D eigenvalue weighted by molar-refractivity contribution is 0.892. The SMILES string of the molecule is Cc1ccc(-n2nc(-c3ccccc3)c3c2-c2cccc4cccc-3c24)cc1. The molecule has 1 aliphatic carbocycles. The van der Waals surface area contributed by atoms with Gasteiger partial charge in [0.05, 0.1) is 11.4 Å². The second-order valence-electron chi connectivity index (χ2n) is 7.39. The number of aromatic nitrogens is 2. The highest BCUT2D eigenvalue weighted by atomic mass is 15.3. The van der Waals surface area contributed by atoms with Crippen molar-refractivity contribution < 1.29 is 0 Å². The summed E-state index contributed by atoms with van der Waals surface area (Å²) in [5.41, 5.74) is 9.50. The van der Waals surface area contributed by atoms with Gasteiger partial charge in [0.15, 0.2) is 0 Å². The molecule has 6 rings (SSSR count). The Hall–Kier alpha value is -3.65. The van der Waals surface area contributed by atoms with Gasteiger partial charge in [0.2, 0.25) is 0 Å². The van der Waals surface area contributed by atoms with Crippen LogP contribution in [0.25, 0.3) is 50.1 Å². The molecule has 0 N–H and O–H groups in total. The standard InChI is InChI=1S/C26H18N2/c1-17-13-15-20(16-14-17)28-26-22-12-6-10-18-9-5-11-21(23(18)22)24(26)25(27-28)19-7-3-2-4-8-19/h2-16H,1H3. The second kappa shape index (κ2) is 5.67. The van der Waals surface area contributed by atoms with Crippen LogP contribution >= 0.6 is 0 Å². The summed E-state index contributed by atoms with van der Waals surface area (Å²) in [6, 6.07) is 32.2. The highest BCUT2D eigenvalue weighted by Gasteiger charge is 2.30. The second-order valence-corrected chi connectivity index (χ2v) is 7.39. The van der Waals surface area contributed by atoms with Crippen LogP contribution < -0.4 is 0 Å². The Morgan fingerprint density at radius 3 is 2.14 bits per heavy atom. The van der Waals surface area contributed by atoms with E-state index in [1.807, 2.05) is 0 Å². The van der Waals surface area contributed by atoms with Crippen LogP contribution in [0.1, 0.15) is 5.56 Å². The first-order valence-corrected chi connectivity index (χ1v) is 9.59. The summed E-state index contributed by atoms with van der Waals surface area (Å²) in [6.07, 6.45) is 0. The molecule has 0 amide bonds. The van der Waals surface area contributed by atoms with Crippen LogP contribution in [-0.4, -0.2) is 9.78 Å². The average molecular weight is 358 g/mol. The molecule has 2 nitrogen and oxygen atoms in total. The third-order valence-corrected chi connectivity index (χ3v) is 5.64. The van der Waals surface area contributed by atoms with Crippen molar-refractivity contribution in [2.45, 2.75) is 6.92 Å². The summed E-state index contributed by atoms with van der Waals surface area (Å²) in [5, 5.41) is 7.71. The molecule has 0 saturated carbocycles. The van der Waals surface area contributed by atoms with E-state index >= 15 is 0 Å². The molecule has 1 aromatic heterocycles. The lowest BCUT2D eigenvalue weighted by Crippen LogP contribution is -1.99. The molecule has 1 aliphatic rings. The van der Waals surface area contributed by atoms with E-state index in [9.17, 15) is 0 Å². The molecule has 0 unspecified atom stereocenters. The summed E-state index contributed by atoms with van der Waals surface area (Å²) in [5.74, 6) is 0. The van der Waals surface area contributed by atoms with Crippen molar-refractivity contribution in [3.05, 3.63) is 96.6 Å². The van der Waals surface area contributed by atoms with Crippen LogP contribution in [0.3, 0.4) is 0 Å². The zero-order valence-electron chi connectivity index (χ0n) is 15.6. The van der Waals surface area contributed by atoms with Crippen molar-refractivity contribution in [3.8, 4) is 39.3 Å². The molecular weight excluding hydrogens is 340 g/mol. The van der Waals surface area contributed by atoms with E-state index in [-0.39, 0.29) is 0 Å². The third-order valence-electron chi connectivity index (χ3n) is 5.64. The van der Waals surface area contributed by atoms with Crippen LogP contribution in [0.5, 0.6) is 0 Å². The van der Waals surface area contributed by atoms with Gasteiger partial charge in [-0.1, -0.05) is 84.4 Å². The summed E-state index contributed by atoms with van der Waals surface area (Å²) in [7, 11) is 0. The first kappa shape index (κ1) is 15.4. The largest absolute Gasteiger partial charge is 0.232 e. The number of benzene rings is 4. The lowest BCUT2D eigenvalue weighted by atomic mass is 10.0. The van der Waals surface area contributed by atoms with Gasteiger partial charge in [-0.3, -0.25) is 0 Å². The number of hydrogen-bond acceptors (Lipinski definition) is 1. The minimum absolute atomic E-state index is 1.04. The smallest absolute Gasteiger partial charge is 0.101 e. The van der Waals surface area contributed by atoms with E-state index < -0.39 is 0 Å². The van der Waals surface area contributed by atoms with E-state index in [4.69, 9.17) is 5.10 Å². The predicted octanol–water partition coefficient (Wildman–Crippen LogP) is 6.65. The quantitative estimate of drug-likeness (QED) is 0.339. The molecule has 2 heteroatoms. The molecule has 0 atom stereocenters. The Labute approximate surface area is 163 Å². The Bertz CT molecular complexity index is 1340. The minimum Gasteiger partial charge on any atom is -0.232 e. The fourth-order valence-corrected chi connectivity index (χ4v) is 4.34. The summed E-state index contributed by atoms with van der Waals surface area (Å²) >= 11 is 0. The zero-order valence-corrected chi connectivity index (χ0v) is 15.6. The lowest BCUT2D eigenvalue weighted by Gasteiger charge is -2.08. The molecule has 0 saturated heterocycles. The Balaban J connectivity index is 1.74. The Kier molecular flexibility index (Phi) is 3.12. The van der Waals surface area contributed by atoms with Gasteiger partial charge in [-0.2, -0.15) is 5.10 Å². The molecule has 4 aromatic carbocycles. The first-order valence-electron chi connectivity index (χ1n) is 9.59. The Morgan fingerprint density at radius 2 is 1.39 bits per heavy atom. The number of fused-ring (bicyclic) bond motifs is 3. The maximum absolute atomic E-state index is 5.10. The van der Waals surface area contributed by atoms with E-state index in [1.54, 1.807) is 0 Å². The molecule has 0 fully saturated rings. The van der Waals surface area contributed by atoms with E-state index in [0.717, 1.165) is 16.9 Å². The molecule has 0 aliphatic heterocycles. The van der Waals surface area contributed by atoms with Crippen molar-refractivity contribution >= 4 is 10.8 Å². The Morgan fingerprint density at radius 1 is 0.679 bits per heavy atom. The fourth-order valence-electron chi connectivity index (χ4n) is 4.34. The van der Waals surface area contributed by atoms with E-state index in [2.05, 4.69) is 103 Å². The highest BCUT2D eigenvalue weighted by molar-refractivity contribution is 6.17. The zero-order chi connectivity index (χ0) is 18.7. The van der Waals surface area contributed by atoms with E-state index in [0.29, 0.717) is 0 Å². The summed E-state index contributed by atoms with van der Waals surface area (Å²) in [4.78, 5) is 0. The fraction of sp³-hybridized carbons (Fsp3) is 0.0385. The number of hydrogen-bond donors (Lipinski definition) is 0. The minimum atomic E-state index is 1.04. The van der Waals surface area contributed by atoms with E-state index in [1.165, 1.54) is 38.7 Å². The molecule has 1 heterocycles. The van der Waals surface area contributed by atoms with Gasteiger partial charge in [-0.05, 0) is 35.4 Å². The molecule has 0 bridgehead atoms. The maximum atomic E-state index is 5.10. The number of rotatable bonds is 2. The van der Waals surface area contributed by atoms with Gasteiger partial charge in [-0.25, -0.2) is 4.68 Å². The van der Waals surface area contributed by atoms with Gasteiger partial charge in [0.25, 0.3) is 0 Å². The predicted molar refractivity (Wildman–Crippen MR) is 116 cm³/mol. The van der Waals surface area contributed by atoms with Gasteiger partial charge in [0, 0.05) is 16.7 Å². The normalized spacial score (nSPS) is 11.8. The molecule has 0 spiro atoms. The molecule has 0 radical (unpaired) electrons. The van der Waals surface area contributed by atoms with Gasteiger partial charge in [-0.15, -0.1) is 0 Å². The van der Waals surface area contributed by atoms with Crippen molar-refractivity contribution in [3.63, 3.8) is 0 Å². The highest BCUT2D eigenvalue weighted by Crippen LogP contribution is 2.51. The van der Waals surface area contributed by atoms with Crippen molar-refractivity contribution in [2.75, 3.05) is 0 Å². The molecule has 5 aromatic rings. The summed E-state index contributed by atoms with van der Waals surface area (Å²) < 4.78 is 2.12. The summed E-state index contributed by atoms with van der Waals surface area (Å²) in [6.45, 7) is 2.11. The molecular formula is C26H18N2. The van der Waals surface area contributed by atoms with Crippen molar-refractivity contribution in [1.29, 1.82) is 0 Å². The first-order chi connectivity index (χ1) is 13.8.